The molecule has 1 saturated heterocycles. The van der Waals surface area contributed by atoms with E-state index in [0.717, 1.165) is 12.8 Å². The molecule has 1 fully saturated rings. The number of carbonyl (C=O) groups excluding carboxylic acids is 1. The number of benzene rings is 1. The summed E-state index contributed by atoms with van der Waals surface area (Å²) in [5.41, 5.74) is 0.439. The number of methoxy groups -OCH3 is 1. The van der Waals surface area contributed by atoms with Gasteiger partial charge in [0.25, 0.3) is 5.91 Å². The second kappa shape index (κ2) is 6.13. The van der Waals surface area contributed by atoms with Gasteiger partial charge in [0, 0.05) is 23.7 Å². The van der Waals surface area contributed by atoms with Crippen molar-refractivity contribution in [3.63, 3.8) is 0 Å². The molecule has 0 aromatic heterocycles. The van der Waals surface area contributed by atoms with Gasteiger partial charge in [-0.15, -0.1) is 0 Å². The molecular formula is C15H22N2O3. The highest BCUT2D eigenvalue weighted by atomic mass is 16.5. The lowest BCUT2D eigenvalue weighted by Crippen LogP contribution is -2.54. The van der Waals surface area contributed by atoms with Crippen molar-refractivity contribution < 1.29 is 14.6 Å². The molecule has 110 valence electrons. The van der Waals surface area contributed by atoms with Crippen LogP contribution in [0.2, 0.25) is 0 Å². The molecule has 3 unspecified atom stereocenters. The Hall–Kier alpha value is -1.75. The number of phenols is 1. The van der Waals surface area contributed by atoms with Crippen LogP contribution in [0.25, 0.3) is 0 Å². The number of hydrogen-bond donors (Lipinski definition) is 3. The number of ether oxygens (including phenoxy) is 1. The molecule has 1 aromatic rings. The molecule has 0 radical (unpaired) electrons. The molecule has 2 rings (SSSR count). The van der Waals surface area contributed by atoms with Crippen LogP contribution in [0.1, 0.15) is 37.0 Å². The first-order valence-corrected chi connectivity index (χ1v) is 6.95. The highest BCUT2D eigenvalue weighted by Crippen LogP contribution is 2.26. The lowest BCUT2D eigenvalue weighted by molar-refractivity contribution is 0.0914. The van der Waals surface area contributed by atoms with E-state index >= 15 is 0 Å². The highest BCUT2D eigenvalue weighted by molar-refractivity contribution is 5.95. The van der Waals surface area contributed by atoms with Crippen LogP contribution in [-0.2, 0) is 0 Å². The lowest BCUT2D eigenvalue weighted by Gasteiger charge is -2.34. The van der Waals surface area contributed by atoms with Gasteiger partial charge in [-0.1, -0.05) is 0 Å². The van der Waals surface area contributed by atoms with Crippen LogP contribution in [0, 0.1) is 0 Å². The molecule has 3 N–H and O–H groups in total. The molecule has 0 bridgehead atoms. The zero-order valence-corrected chi connectivity index (χ0v) is 12.1. The Kier molecular flexibility index (Phi) is 4.49. The Morgan fingerprint density at radius 1 is 1.40 bits per heavy atom. The fraction of sp³-hybridized carbons (Fsp3) is 0.533. The summed E-state index contributed by atoms with van der Waals surface area (Å²) >= 11 is 0. The number of hydrogen-bond acceptors (Lipinski definition) is 4. The smallest absolute Gasteiger partial charge is 0.251 e. The van der Waals surface area contributed by atoms with Gasteiger partial charge >= 0.3 is 0 Å². The van der Waals surface area contributed by atoms with E-state index in [1.165, 1.54) is 13.2 Å². The van der Waals surface area contributed by atoms with E-state index in [1.807, 2.05) is 0 Å². The Morgan fingerprint density at radius 2 is 2.15 bits per heavy atom. The van der Waals surface area contributed by atoms with E-state index in [0.29, 0.717) is 17.4 Å². The maximum Gasteiger partial charge on any atom is 0.251 e. The summed E-state index contributed by atoms with van der Waals surface area (Å²) in [7, 11) is 1.48. The zero-order valence-electron chi connectivity index (χ0n) is 12.1. The van der Waals surface area contributed by atoms with Crippen molar-refractivity contribution in [2.75, 3.05) is 7.11 Å². The molecule has 1 heterocycles. The molecule has 1 aliphatic heterocycles. The van der Waals surface area contributed by atoms with Crippen LogP contribution in [-0.4, -0.2) is 36.2 Å². The van der Waals surface area contributed by atoms with E-state index < -0.39 is 0 Å². The maximum absolute atomic E-state index is 12.2. The number of nitrogens with one attached hydrogen (secondary N) is 2. The van der Waals surface area contributed by atoms with Crippen LogP contribution in [0.15, 0.2) is 18.2 Å². The van der Waals surface area contributed by atoms with Gasteiger partial charge in [-0.3, -0.25) is 4.79 Å². The summed E-state index contributed by atoms with van der Waals surface area (Å²) in [5, 5.41) is 16.2. The van der Waals surface area contributed by atoms with E-state index in [4.69, 9.17) is 4.74 Å². The van der Waals surface area contributed by atoms with Gasteiger partial charge in [0.2, 0.25) is 0 Å². The number of piperidine rings is 1. The summed E-state index contributed by atoms with van der Waals surface area (Å²) in [5.74, 6) is 0.169. The molecule has 20 heavy (non-hydrogen) atoms. The number of amides is 1. The first-order chi connectivity index (χ1) is 9.51. The number of carbonyl (C=O) groups is 1. The van der Waals surface area contributed by atoms with Gasteiger partial charge in [0.05, 0.1) is 7.11 Å². The molecule has 1 amide bonds. The minimum absolute atomic E-state index is 0.0245. The second-order valence-electron chi connectivity index (χ2n) is 5.40. The average molecular weight is 278 g/mol. The summed E-state index contributed by atoms with van der Waals surface area (Å²) in [6, 6.07) is 5.52. The molecule has 0 saturated carbocycles. The minimum atomic E-state index is -0.170. The van der Waals surface area contributed by atoms with Crippen LogP contribution < -0.4 is 15.4 Å². The second-order valence-corrected chi connectivity index (χ2v) is 5.40. The molecule has 5 nitrogen and oxygen atoms in total. The van der Waals surface area contributed by atoms with Crippen LogP contribution in [0.5, 0.6) is 11.5 Å². The minimum Gasteiger partial charge on any atom is -0.504 e. The third kappa shape index (κ3) is 3.22. The van der Waals surface area contributed by atoms with Crippen LogP contribution in [0.3, 0.4) is 0 Å². The molecule has 5 heteroatoms. The van der Waals surface area contributed by atoms with Crippen molar-refractivity contribution in [3.8, 4) is 11.5 Å². The Balaban J connectivity index is 2.03. The normalized spacial score (nSPS) is 26.1. The summed E-state index contributed by atoms with van der Waals surface area (Å²) < 4.78 is 4.97. The standard InChI is InChI=1S/C15H22N2O3/c1-9-4-6-12(10(2)16-9)17-15(19)11-5-7-14(20-3)13(18)8-11/h5,7-10,12,16,18H,4,6H2,1-3H3,(H,17,19). The molecule has 1 aliphatic rings. The number of phenolic OH excluding ortho intramolecular Hbond substituents is 1. The number of aromatic hydroxyl groups is 1. The van der Waals surface area contributed by atoms with Crippen molar-refractivity contribution in [2.45, 2.75) is 44.8 Å². The third-order valence-corrected chi connectivity index (χ3v) is 3.82. The lowest BCUT2D eigenvalue weighted by atomic mass is 9.95. The molecule has 1 aromatic carbocycles. The van der Waals surface area contributed by atoms with E-state index in [9.17, 15) is 9.90 Å². The van der Waals surface area contributed by atoms with E-state index in [2.05, 4.69) is 24.5 Å². The van der Waals surface area contributed by atoms with Crippen LogP contribution >= 0.6 is 0 Å². The fourth-order valence-corrected chi connectivity index (χ4v) is 2.61. The van der Waals surface area contributed by atoms with Gasteiger partial charge in [-0.25, -0.2) is 0 Å². The van der Waals surface area contributed by atoms with Crippen molar-refractivity contribution in [3.05, 3.63) is 23.8 Å². The van der Waals surface area contributed by atoms with Crippen molar-refractivity contribution in [1.29, 1.82) is 0 Å². The summed E-state index contributed by atoms with van der Waals surface area (Å²) in [6.45, 7) is 4.22. The average Bonchev–Trinajstić information content (AvgIpc) is 2.41. The zero-order chi connectivity index (χ0) is 14.7. The first kappa shape index (κ1) is 14.7. The quantitative estimate of drug-likeness (QED) is 0.786. The predicted molar refractivity (Wildman–Crippen MR) is 77.2 cm³/mol. The molecule has 3 atom stereocenters. The van der Waals surface area contributed by atoms with Gasteiger partial charge in [0.15, 0.2) is 11.5 Å². The Labute approximate surface area is 119 Å². The molecule has 0 spiro atoms. The monoisotopic (exact) mass is 278 g/mol. The van der Waals surface area contributed by atoms with Crippen LogP contribution in [0.4, 0.5) is 0 Å². The van der Waals surface area contributed by atoms with Crippen molar-refractivity contribution in [1.82, 2.24) is 10.6 Å². The summed E-state index contributed by atoms with van der Waals surface area (Å²) in [6.07, 6.45) is 2.01. The third-order valence-electron chi connectivity index (χ3n) is 3.82. The van der Waals surface area contributed by atoms with Crippen molar-refractivity contribution >= 4 is 5.91 Å². The highest BCUT2D eigenvalue weighted by Gasteiger charge is 2.26. The number of rotatable bonds is 3. The first-order valence-electron chi connectivity index (χ1n) is 6.95. The van der Waals surface area contributed by atoms with Gasteiger partial charge in [-0.2, -0.15) is 0 Å². The van der Waals surface area contributed by atoms with Gasteiger partial charge in [0.1, 0.15) is 0 Å². The maximum atomic E-state index is 12.2. The van der Waals surface area contributed by atoms with E-state index in [-0.39, 0.29) is 23.7 Å². The topological polar surface area (TPSA) is 70.6 Å². The Bertz CT molecular complexity index is 490. The van der Waals surface area contributed by atoms with E-state index in [1.54, 1.807) is 12.1 Å². The fourth-order valence-electron chi connectivity index (χ4n) is 2.61. The van der Waals surface area contributed by atoms with Gasteiger partial charge in [-0.05, 0) is 44.9 Å². The Morgan fingerprint density at radius 3 is 2.75 bits per heavy atom. The summed E-state index contributed by atoms with van der Waals surface area (Å²) in [4.78, 5) is 12.2. The largest absolute Gasteiger partial charge is 0.504 e. The molecule has 0 aliphatic carbocycles. The molecular weight excluding hydrogens is 256 g/mol. The van der Waals surface area contributed by atoms with Gasteiger partial charge < -0.3 is 20.5 Å². The predicted octanol–water partition coefficient (Wildman–Crippen LogP) is 1.66. The SMILES string of the molecule is COc1ccc(C(=O)NC2CCC(C)NC2C)cc1O. The van der Waals surface area contributed by atoms with Crippen molar-refractivity contribution in [2.24, 2.45) is 0 Å².